The number of benzene rings is 1. The largest absolute Gasteiger partial charge is 0.368 e. The fourth-order valence-corrected chi connectivity index (χ4v) is 2.38. The van der Waals surface area contributed by atoms with Gasteiger partial charge in [-0.1, -0.05) is 11.6 Å². The third-order valence-electron chi connectivity index (χ3n) is 3.19. The second-order valence-electron chi connectivity index (χ2n) is 4.60. The highest BCUT2D eigenvalue weighted by molar-refractivity contribution is 6.30. The van der Waals surface area contributed by atoms with E-state index in [9.17, 15) is 4.79 Å². The Labute approximate surface area is 121 Å². The van der Waals surface area contributed by atoms with Crippen LogP contribution in [0.4, 0.5) is 5.69 Å². The SMILES string of the molecule is O=C(Nc1ccc(Cl)cc1-n1cccn1)[C@@H]1CCCO1. The maximum atomic E-state index is 12.1. The minimum Gasteiger partial charge on any atom is -0.368 e. The van der Waals surface area contributed by atoms with E-state index in [1.807, 2.05) is 6.07 Å². The van der Waals surface area contributed by atoms with Crippen molar-refractivity contribution in [3.63, 3.8) is 0 Å². The highest BCUT2D eigenvalue weighted by Crippen LogP contribution is 2.25. The molecule has 2 heterocycles. The van der Waals surface area contributed by atoms with Crippen LogP contribution < -0.4 is 5.32 Å². The molecule has 0 spiro atoms. The van der Waals surface area contributed by atoms with Gasteiger partial charge in [0, 0.05) is 24.0 Å². The fraction of sp³-hybridized carbons (Fsp3) is 0.286. The van der Waals surface area contributed by atoms with Gasteiger partial charge in [0.1, 0.15) is 6.10 Å². The van der Waals surface area contributed by atoms with E-state index < -0.39 is 0 Å². The van der Waals surface area contributed by atoms with Crippen LogP contribution in [0.5, 0.6) is 0 Å². The number of rotatable bonds is 3. The number of hydrogen-bond donors (Lipinski definition) is 1. The first-order valence-corrected chi connectivity index (χ1v) is 6.84. The lowest BCUT2D eigenvalue weighted by Crippen LogP contribution is -2.27. The number of carbonyl (C=O) groups excluding carboxylic acids is 1. The molecular formula is C14H14ClN3O2. The summed E-state index contributed by atoms with van der Waals surface area (Å²) in [6.45, 7) is 0.644. The lowest BCUT2D eigenvalue weighted by molar-refractivity contribution is -0.124. The van der Waals surface area contributed by atoms with Crippen LogP contribution in [0, 0.1) is 0 Å². The molecule has 104 valence electrons. The molecule has 1 N–H and O–H groups in total. The second-order valence-corrected chi connectivity index (χ2v) is 5.04. The van der Waals surface area contributed by atoms with Crippen molar-refractivity contribution in [1.82, 2.24) is 9.78 Å². The van der Waals surface area contributed by atoms with Gasteiger partial charge in [-0.05, 0) is 37.1 Å². The first-order valence-electron chi connectivity index (χ1n) is 6.46. The van der Waals surface area contributed by atoms with Crippen LogP contribution in [0.25, 0.3) is 5.69 Å². The van der Waals surface area contributed by atoms with Gasteiger partial charge in [-0.15, -0.1) is 0 Å². The van der Waals surface area contributed by atoms with E-state index in [1.165, 1.54) is 0 Å². The summed E-state index contributed by atoms with van der Waals surface area (Å²) in [5.74, 6) is -0.127. The normalized spacial score (nSPS) is 18.1. The Morgan fingerprint density at radius 3 is 3.10 bits per heavy atom. The van der Waals surface area contributed by atoms with Crippen molar-refractivity contribution in [2.45, 2.75) is 18.9 Å². The molecule has 1 aromatic carbocycles. The van der Waals surface area contributed by atoms with Gasteiger partial charge in [0.25, 0.3) is 5.91 Å². The van der Waals surface area contributed by atoms with Crippen LogP contribution in [0.1, 0.15) is 12.8 Å². The molecule has 0 saturated carbocycles. The van der Waals surface area contributed by atoms with E-state index in [0.29, 0.717) is 17.3 Å². The number of anilines is 1. The molecule has 20 heavy (non-hydrogen) atoms. The summed E-state index contributed by atoms with van der Waals surface area (Å²) in [6.07, 6.45) is 4.79. The number of nitrogens with one attached hydrogen (secondary N) is 1. The standard InChI is InChI=1S/C14H14ClN3O2/c15-10-4-5-11(12(9-10)18-7-2-6-16-18)17-14(19)13-3-1-8-20-13/h2,4-7,9,13H,1,3,8H2,(H,17,19)/t13-/m0/s1. The van der Waals surface area contributed by atoms with Crippen molar-refractivity contribution in [1.29, 1.82) is 0 Å². The Morgan fingerprint density at radius 2 is 2.40 bits per heavy atom. The topological polar surface area (TPSA) is 56.2 Å². The quantitative estimate of drug-likeness (QED) is 0.946. The number of amides is 1. The zero-order chi connectivity index (χ0) is 13.9. The van der Waals surface area contributed by atoms with E-state index in [4.69, 9.17) is 16.3 Å². The molecule has 3 rings (SSSR count). The van der Waals surface area contributed by atoms with Gasteiger partial charge >= 0.3 is 0 Å². The molecule has 0 bridgehead atoms. The molecule has 0 aliphatic carbocycles. The van der Waals surface area contributed by atoms with Gasteiger partial charge in [0.15, 0.2) is 0 Å². The molecule has 0 radical (unpaired) electrons. The van der Waals surface area contributed by atoms with Crippen LogP contribution in [0.15, 0.2) is 36.7 Å². The molecule has 5 nitrogen and oxygen atoms in total. The molecule has 2 aromatic rings. The average Bonchev–Trinajstić information content (AvgIpc) is 3.13. The first-order chi connectivity index (χ1) is 9.74. The van der Waals surface area contributed by atoms with Gasteiger partial charge in [0.05, 0.1) is 11.4 Å². The van der Waals surface area contributed by atoms with Crippen LogP contribution >= 0.6 is 11.6 Å². The monoisotopic (exact) mass is 291 g/mol. The minimum absolute atomic E-state index is 0.127. The molecule has 1 aliphatic heterocycles. The zero-order valence-corrected chi connectivity index (χ0v) is 11.5. The summed E-state index contributed by atoms with van der Waals surface area (Å²) in [5.41, 5.74) is 1.40. The Balaban J connectivity index is 1.87. The lowest BCUT2D eigenvalue weighted by atomic mass is 10.2. The second kappa shape index (κ2) is 5.64. The predicted molar refractivity (Wildman–Crippen MR) is 76.2 cm³/mol. The Morgan fingerprint density at radius 1 is 1.50 bits per heavy atom. The molecule has 1 saturated heterocycles. The molecule has 1 fully saturated rings. The van der Waals surface area contributed by atoms with E-state index in [-0.39, 0.29) is 12.0 Å². The van der Waals surface area contributed by atoms with Gasteiger partial charge in [-0.2, -0.15) is 5.10 Å². The number of hydrogen-bond acceptors (Lipinski definition) is 3. The van der Waals surface area contributed by atoms with Crippen LogP contribution in [0.2, 0.25) is 5.02 Å². The highest BCUT2D eigenvalue weighted by Gasteiger charge is 2.24. The Hall–Kier alpha value is -1.85. The molecule has 1 aliphatic rings. The van der Waals surface area contributed by atoms with E-state index in [2.05, 4.69) is 10.4 Å². The minimum atomic E-state index is -0.365. The first kappa shape index (κ1) is 13.1. The number of ether oxygens (including phenoxy) is 1. The molecule has 6 heteroatoms. The molecular weight excluding hydrogens is 278 g/mol. The fourth-order valence-electron chi connectivity index (χ4n) is 2.21. The number of nitrogens with zero attached hydrogens (tertiary/aromatic N) is 2. The van der Waals surface area contributed by atoms with Gasteiger partial charge in [-0.3, -0.25) is 4.79 Å². The number of aromatic nitrogens is 2. The van der Waals surface area contributed by atoms with Gasteiger partial charge in [-0.25, -0.2) is 4.68 Å². The zero-order valence-electron chi connectivity index (χ0n) is 10.8. The number of halogens is 1. The van der Waals surface area contributed by atoms with Gasteiger partial charge in [0.2, 0.25) is 0 Å². The van der Waals surface area contributed by atoms with E-state index >= 15 is 0 Å². The van der Waals surface area contributed by atoms with Crippen molar-refractivity contribution in [2.75, 3.05) is 11.9 Å². The molecule has 1 aromatic heterocycles. The smallest absolute Gasteiger partial charge is 0.253 e. The molecule has 1 amide bonds. The Kier molecular flexibility index (Phi) is 3.71. The van der Waals surface area contributed by atoms with Gasteiger partial charge < -0.3 is 10.1 Å². The van der Waals surface area contributed by atoms with Crippen LogP contribution in [-0.2, 0) is 9.53 Å². The van der Waals surface area contributed by atoms with E-state index in [0.717, 1.165) is 18.5 Å². The van der Waals surface area contributed by atoms with Crippen LogP contribution in [0.3, 0.4) is 0 Å². The van der Waals surface area contributed by atoms with Crippen molar-refractivity contribution >= 4 is 23.2 Å². The Bertz CT molecular complexity index is 607. The van der Waals surface area contributed by atoms with Crippen molar-refractivity contribution in [2.24, 2.45) is 0 Å². The average molecular weight is 292 g/mol. The summed E-state index contributed by atoms with van der Waals surface area (Å²) >= 11 is 6.02. The van der Waals surface area contributed by atoms with Crippen molar-refractivity contribution < 1.29 is 9.53 Å². The lowest BCUT2D eigenvalue weighted by Gasteiger charge is -2.14. The van der Waals surface area contributed by atoms with Crippen molar-refractivity contribution in [3.8, 4) is 5.69 Å². The number of carbonyl (C=O) groups is 1. The summed E-state index contributed by atoms with van der Waals surface area (Å²) < 4.78 is 7.04. The third kappa shape index (κ3) is 2.69. The van der Waals surface area contributed by atoms with Crippen molar-refractivity contribution in [3.05, 3.63) is 41.7 Å². The highest BCUT2D eigenvalue weighted by atomic mass is 35.5. The molecule has 0 unspecified atom stereocenters. The molecule has 1 atom stereocenters. The predicted octanol–water partition coefficient (Wildman–Crippen LogP) is 2.64. The summed E-state index contributed by atoms with van der Waals surface area (Å²) in [5, 5.41) is 7.64. The maximum Gasteiger partial charge on any atom is 0.253 e. The maximum absolute atomic E-state index is 12.1. The van der Waals surface area contributed by atoms with E-state index in [1.54, 1.807) is 35.3 Å². The van der Waals surface area contributed by atoms with Crippen LogP contribution in [-0.4, -0.2) is 28.4 Å². The summed E-state index contributed by atoms with van der Waals surface area (Å²) in [7, 11) is 0. The third-order valence-corrected chi connectivity index (χ3v) is 3.43. The summed E-state index contributed by atoms with van der Waals surface area (Å²) in [6, 6.07) is 7.08. The summed E-state index contributed by atoms with van der Waals surface area (Å²) in [4.78, 5) is 12.1.